The Morgan fingerprint density at radius 2 is 1.82 bits per heavy atom. The molecule has 1 aromatic heterocycles. The van der Waals surface area contributed by atoms with Crippen LogP contribution < -0.4 is 10.6 Å². The molecule has 1 fully saturated rings. The third-order valence-electron chi connectivity index (χ3n) is 4.87. The van der Waals surface area contributed by atoms with Crippen LogP contribution in [0.3, 0.4) is 0 Å². The van der Waals surface area contributed by atoms with E-state index in [1.807, 2.05) is 30.3 Å². The van der Waals surface area contributed by atoms with Gasteiger partial charge in [-0.25, -0.2) is 4.98 Å². The number of aromatic nitrogens is 1. The largest absolute Gasteiger partial charge is 0.444 e. The highest BCUT2D eigenvalue weighted by Gasteiger charge is 2.14. The summed E-state index contributed by atoms with van der Waals surface area (Å²) < 4.78 is 5.57. The van der Waals surface area contributed by atoms with Crippen LogP contribution in [-0.4, -0.2) is 73.6 Å². The zero-order chi connectivity index (χ0) is 18.9. The van der Waals surface area contributed by atoms with E-state index in [1.54, 1.807) is 13.3 Å². The molecule has 0 bridgehead atoms. The lowest BCUT2D eigenvalue weighted by Gasteiger charge is -2.34. The number of rotatable bonds is 7. The lowest BCUT2D eigenvalue weighted by Crippen LogP contribution is -2.49. The van der Waals surface area contributed by atoms with Crippen molar-refractivity contribution in [2.45, 2.75) is 13.5 Å². The first-order valence-corrected chi connectivity index (χ1v) is 9.67. The van der Waals surface area contributed by atoms with Gasteiger partial charge in [0.05, 0.1) is 12.2 Å². The Kier molecular flexibility index (Phi) is 9.72. The average molecular weight is 498 g/mol. The molecular formula is C20H31IN6O. The standard InChI is InChI=1S/C20H30N6O.HI/c1-3-25-11-13-26(14-12-25)10-9-22-20(21-2)23-15-18-16-27-19(24-18)17-7-5-4-6-8-17;/h4-8,16H,3,9-15H2,1-2H3,(H2,21,22,23);1H. The van der Waals surface area contributed by atoms with Gasteiger partial charge in [-0.2, -0.15) is 0 Å². The molecule has 0 aliphatic carbocycles. The van der Waals surface area contributed by atoms with Gasteiger partial charge in [0.1, 0.15) is 6.26 Å². The molecule has 2 N–H and O–H groups in total. The van der Waals surface area contributed by atoms with Crippen LogP contribution >= 0.6 is 24.0 Å². The van der Waals surface area contributed by atoms with Crippen molar-refractivity contribution in [3.63, 3.8) is 0 Å². The predicted molar refractivity (Wildman–Crippen MR) is 124 cm³/mol. The van der Waals surface area contributed by atoms with E-state index >= 15 is 0 Å². The van der Waals surface area contributed by atoms with Gasteiger partial charge in [0.25, 0.3) is 0 Å². The van der Waals surface area contributed by atoms with Gasteiger partial charge in [0.2, 0.25) is 5.89 Å². The predicted octanol–water partition coefficient (Wildman–Crippen LogP) is 2.26. The summed E-state index contributed by atoms with van der Waals surface area (Å²) in [6.07, 6.45) is 1.69. The van der Waals surface area contributed by atoms with E-state index in [0.29, 0.717) is 12.4 Å². The van der Waals surface area contributed by atoms with Crippen molar-refractivity contribution in [2.75, 3.05) is 52.9 Å². The first-order chi connectivity index (χ1) is 13.3. The van der Waals surface area contributed by atoms with Crippen LogP contribution in [0.5, 0.6) is 0 Å². The minimum Gasteiger partial charge on any atom is -0.444 e. The maximum absolute atomic E-state index is 5.57. The van der Waals surface area contributed by atoms with Crippen molar-refractivity contribution in [2.24, 2.45) is 4.99 Å². The summed E-state index contributed by atoms with van der Waals surface area (Å²) in [6.45, 7) is 10.5. The van der Waals surface area contributed by atoms with Gasteiger partial charge in [-0.05, 0) is 18.7 Å². The Hall–Kier alpha value is -1.65. The van der Waals surface area contributed by atoms with E-state index in [2.05, 4.69) is 37.3 Å². The molecule has 7 nitrogen and oxygen atoms in total. The molecule has 0 saturated carbocycles. The Labute approximate surface area is 184 Å². The first kappa shape index (κ1) is 22.6. The first-order valence-electron chi connectivity index (χ1n) is 9.67. The van der Waals surface area contributed by atoms with E-state index in [1.165, 1.54) is 13.1 Å². The van der Waals surface area contributed by atoms with Crippen molar-refractivity contribution in [1.82, 2.24) is 25.4 Å². The van der Waals surface area contributed by atoms with Crippen LogP contribution in [0.4, 0.5) is 0 Å². The molecule has 0 atom stereocenters. The topological polar surface area (TPSA) is 68.9 Å². The quantitative estimate of drug-likeness (QED) is 0.347. The second-order valence-electron chi connectivity index (χ2n) is 6.64. The van der Waals surface area contributed by atoms with Gasteiger partial charge in [-0.3, -0.25) is 9.89 Å². The number of hydrogen-bond donors (Lipinski definition) is 2. The third kappa shape index (κ3) is 6.75. The lowest BCUT2D eigenvalue weighted by atomic mass is 10.2. The number of benzene rings is 1. The van der Waals surface area contributed by atoms with Gasteiger partial charge in [0.15, 0.2) is 5.96 Å². The second kappa shape index (κ2) is 12.0. The van der Waals surface area contributed by atoms with Gasteiger partial charge >= 0.3 is 0 Å². The van der Waals surface area contributed by atoms with Crippen LogP contribution in [-0.2, 0) is 6.54 Å². The average Bonchev–Trinajstić information content (AvgIpc) is 3.21. The zero-order valence-electron chi connectivity index (χ0n) is 16.7. The molecule has 154 valence electrons. The Morgan fingerprint density at radius 1 is 1.11 bits per heavy atom. The monoisotopic (exact) mass is 498 g/mol. The summed E-state index contributed by atoms with van der Waals surface area (Å²) in [4.78, 5) is 13.8. The van der Waals surface area contributed by atoms with Crippen molar-refractivity contribution in [3.05, 3.63) is 42.3 Å². The highest BCUT2D eigenvalue weighted by Crippen LogP contribution is 2.17. The van der Waals surface area contributed by atoms with Gasteiger partial charge in [0, 0.05) is 51.9 Å². The number of nitrogens with zero attached hydrogens (tertiary/aromatic N) is 4. The molecule has 1 aliphatic rings. The third-order valence-corrected chi connectivity index (χ3v) is 4.87. The summed E-state index contributed by atoms with van der Waals surface area (Å²) in [6, 6.07) is 9.92. The van der Waals surface area contributed by atoms with E-state index in [0.717, 1.165) is 49.9 Å². The summed E-state index contributed by atoms with van der Waals surface area (Å²) in [5.74, 6) is 1.42. The highest BCUT2D eigenvalue weighted by molar-refractivity contribution is 14.0. The van der Waals surface area contributed by atoms with Crippen molar-refractivity contribution in [3.8, 4) is 11.5 Å². The SMILES string of the molecule is CCN1CCN(CCNC(=NC)NCc2coc(-c3ccccc3)n2)CC1.I. The van der Waals surface area contributed by atoms with Crippen LogP contribution in [0.2, 0.25) is 0 Å². The second-order valence-corrected chi connectivity index (χ2v) is 6.64. The fraction of sp³-hybridized carbons (Fsp3) is 0.500. The molecule has 28 heavy (non-hydrogen) atoms. The molecule has 8 heteroatoms. The molecule has 2 heterocycles. The molecule has 0 radical (unpaired) electrons. The number of piperazine rings is 1. The molecule has 2 aromatic rings. The maximum atomic E-state index is 5.57. The normalized spacial score (nSPS) is 15.9. The maximum Gasteiger partial charge on any atom is 0.226 e. The molecule has 1 aliphatic heterocycles. The summed E-state index contributed by atoms with van der Waals surface area (Å²) in [5.41, 5.74) is 1.84. The summed E-state index contributed by atoms with van der Waals surface area (Å²) in [5, 5.41) is 6.67. The van der Waals surface area contributed by atoms with Crippen molar-refractivity contribution >= 4 is 29.9 Å². The Bertz CT molecular complexity index is 712. The fourth-order valence-electron chi connectivity index (χ4n) is 3.16. The zero-order valence-corrected chi connectivity index (χ0v) is 19.1. The van der Waals surface area contributed by atoms with Crippen LogP contribution in [0.15, 0.2) is 46.0 Å². The molecular weight excluding hydrogens is 467 g/mol. The van der Waals surface area contributed by atoms with E-state index in [-0.39, 0.29) is 24.0 Å². The molecule has 0 amide bonds. The number of aliphatic imine (C=N–C) groups is 1. The van der Waals surface area contributed by atoms with Crippen molar-refractivity contribution < 1.29 is 4.42 Å². The number of nitrogens with one attached hydrogen (secondary N) is 2. The number of guanidine groups is 1. The Balaban J connectivity index is 0.00000280. The van der Waals surface area contributed by atoms with Crippen LogP contribution in [0, 0.1) is 0 Å². The van der Waals surface area contributed by atoms with E-state index in [9.17, 15) is 0 Å². The van der Waals surface area contributed by atoms with Gasteiger partial charge in [-0.1, -0.05) is 25.1 Å². The van der Waals surface area contributed by atoms with Gasteiger partial charge in [-0.15, -0.1) is 24.0 Å². The molecule has 0 unspecified atom stereocenters. The van der Waals surface area contributed by atoms with Gasteiger partial charge < -0.3 is 20.0 Å². The molecule has 3 rings (SSSR count). The number of oxazole rings is 1. The molecule has 1 aromatic carbocycles. The van der Waals surface area contributed by atoms with Crippen LogP contribution in [0.25, 0.3) is 11.5 Å². The summed E-state index contributed by atoms with van der Waals surface area (Å²) in [7, 11) is 1.79. The number of hydrogen-bond acceptors (Lipinski definition) is 5. The fourth-order valence-corrected chi connectivity index (χ4v) is 3.16. The van der Waals surface area contributed by atoms with E-state index in [4.69, 9.17) is 4.42 Å². The molecule has 0 spiro atoms. The number of halogens is 1. The minimum atomic E-state index is 0. The smallest absolute Gasteiger partial charge is 0.226 e. The number of likely N-dealkylation sites (N-methyl/N-ethyl adjacent to an activating group) is 1. The van der Waals surface area contributed by atoms with Crippen molar-refractivity contribution in [1.29, 1.82) is 0 Å². The van der Waals surface area contributed by atoms with E-state index < -0.39 is 0 Å². The lowest BCUT2D eigenvalue weighted by molar-refractivity contribution is 0.139. The minimum absolute atomic E-state index is 0. The Morgan fingerprint density at radius 3 is 2.50 bits per heavy atom. The van der Waals surface area contributed by atoms with Crippen LogP contribution in [0.1, 0.15) is 12.6 Å². The highest BCUT2D eigenvalue weighted by atomic mass is 127. The summed E-state index contributed by atoms with van der Waals surface area (Å²) >= 11 is 0. The molecule has 1 saturated heterocycles.